The molecule has 0 radical (unpaired) electrons. The SMILES string of the molecule is COCCOCCOC1COc2ccccc2C1N. The lowest BCUT2D eigenvalue weighted by Crippen LogP contribution is -2.38. The van der Waals surface area contributed by atoms with Crippen LogP contribution in [0.2, 0.25) is 0 Å². The first kappa shape index (κ1) is 14.3. The zero-order valence-electron chi connectivity index (χ0n) is 11.2. The molecule has 1 aliphatic rings. The second-order valence-corrected chi connectivity index (χ2v) is 4.39. The van der Waals surface area contributed by atoms with Crippen LogP contribution in [0.15, 0.2) is 24.3 Å². The molecule has 106 valence electrons. The Morgan fingerprint density at radius 2 is 2.00 bits per heavy atom. The lowest BCUT2D eigenvalue weighted by atomic mass is 9.99. The molecule has 1 heterocycles. The van der Waals surface area contributed by atoms with E-state index in [0.29, 0.717) is 33.0 Å². The summed E-state index contributed by atoms with van der Waals surface area (Å²) in [6.45, 7) is 2.70. The third-order valence-electron chi connectivity index (χ3n) is 3.07. The predicted octanol–water partition coefficient (Wildman–Crippen LogP) is 1.13. The lowest BCUT2D eigenvalue weighted by molar-refractivity contribution is -0.0383. The number of fused-ring (bicyclic) bond motifs is 1. The molecule has 0 amide bonds. The Labute approximate surface area is 113 Å². The number of benzene rings is 1. The largest absolute Gasteiger partial charge is 0.490 e. The van der Waals surface area contributed by atoms with E-state index in [-0.39, 0.29) is 12.1 Å². The van der Waals surface area contributed by atoms with E-state index in [1.165, 1.54) is 0 Å². The first-order valence-electron chi connectivity index (χ1n) is 6.48. The Hall–Kier alpha value is -1.14. The fourth-order valence-electron chi connectivity index (χ4n) is 2.02. The molecular formula is C14H21NO4. The summed E-state index contributed by atoms with van der Waals surface area (Å²) in [6.07, 6.45) is -0.124. The number of rotatable bonds is 7. The van der Waals surface area contributed by atoms with Gasteiger partial charge in [0.1, 0.15) is 18.5 Å². The van der Waals surface area contributed by atoms with Crippen LogP contribution in [0.3, 0.4) is 0 Å². The zero-order valence-corrected chi connectivity index (χ0v) is 11.2. The molecule has 5 nitrogen and oxygen atoms in total. The molecule has 0 bridgehead atoms. The van der Waals surface area contributed by atoms with E-state index >= 15 is 0 Å². The average molecular weight is 267 g/mol. The molecule has 0 aromatic heterocycles. The molecule has 2 N–H and O–H groups in total. The Morgan fingerprint density at radius 1 is 1.21 bits per heavy atom. The summed E-state index contributed by atoms with van der Waals surface area (Å²) >= 11 is 0. The maximum Gasteiger partial charge on any atom is 0.124 e. The summed E-state index contributed by atoms with van der Waals surface area (Å²) in [5.41, 5.74) is 7.19. The maximum atomic E-state index is 6.19. The molecule has 1 aromatic carbocycles. The van der Waals surface area contributed by atoms with Gasteiger partial charge < -0.3 is 24.7 Å². The van der Waals surface area contributed by atoms with Gasteiger partial charge in [0.25, 0.3) is 0 Å². The molecule has 2 rings (SSSR count). The Morgan fingerprint density at radius 3 is 2.84 bits per heavy atom. The van der Waals surface area contributed by atoms with Crippen molar-refractivity contribution in [1.82, 2.24) is 0 Å². The van der Waals surface area contributed by atoms with E-state index in [9.17, 15) is 0 Å². The number of ether oxygens (including phenoxy) is 4. The van der Waals surface area contributed by atoms with Crippen molar-refractivity contribution in [1.29, 1.82) is 0 Å². The molecular weight excluding hydrogens is 246 g/mol. The van der Waals surface area contributed by atoms with Gasteiger partial charge in [0, 0.05) is 12.7 Å². The first-order valence-corrected chi connectivity index (χ1v) is 6.48. The van der Waals surface area contributed by atoms with Gasteiger partial charge in [0.2, 0.25) is 0 Å². The first-order chi connectivity index (χ1) is 9.33. The summed E-state index contributed by atoms with van der Waals surface area (Å²) in [6, 6.07) is 7.65. The molecule has 5 heteroatoms. The lowest BCUT2D eigenvalue weighted by Gasteiger charge is -2.31. The van der Waals surface area contributed by atoms with Gasteiger partial charge >= 0.3 is 0 Å². The van der Waals surface area contributed by atoms with Crippen LogP contribution < -0.4 is 10.5 Å². The highest BCUT2D eigenvalue weighted by Gasteiger charge is 2.28. The van der Waals surface area contributed by atoms with Gasteiger partial charge in [-0.3, -0.25) is 0 Å². The predicted molar refractivity (Wildman–Crippen MR) is 71.3 cm³/mol. The van der Waals surface area contributed by atoms with Gasteiger partial charge in [-0.25, -0.2) is 0 Å². The van der Waals surface area contributed by atoms with E-state index in [1.54, 1.807) is 7.11 Å². The van der Waals surface area contributed by atoms with Crippen molar-refractivity contribution in [2.45, 2.75) is 12.1 Å². The monoisotopic (exact) mass is 267 g/mol. The number of methoxy groups -OCH3 is 1. The Bertz CT molecular complexity index is 385. The average Bonchev–Trinajstić information content (AvgIpc) is 2.45. The molecule has 19 heavy (non-hydrogen) atoms. The quantitative estimate of drug-likeness (QED) is 0.750. The van der Waals surface area contributed by atoms with Crippen LogP contribution in [0.5, 0.6) is 5.75 Å². The minimum Gasteiger partial charge on any atom is -0.490 e. The highest BCUT2D eigenvalue weighted by atomic mass is 16.6. The Balaban J connectivity index is 1.74. The van der Waals surface area contributed by atoms with Crippen LogP contribution >= 0.6 is 0 Å². The van der Waals surface area contributed by atoms with E-state index < -0.39 is 0 Å². The number of para-hydroxylation sites is 1. The number of hydrogen-bond donors (Lipinski definition) is 1. The second kappa shape index (κ2) is 7.45. The van der Waals surface area contributed by atoms with Gasteiger partial charge in [-0.15, -0.1) is 0 Å². The van der Waals surface area contributed by atoms with Crippen molar-refractivity contribution in [2.24, 2.45) is 5.73 Å². The smallest absolute Gasteiger partial charge is 0.124 e. The van der Waals surface area contributed by atoms with Gasteiger partial charge in [0.15, 0.2) is 0 Å². The van der Waals surface area contributed by atoms with Crippen molar-refractivity contribution in [3.8, 4) is 5.75 Å². The Kier molecular flexibility index (Phi) is 5.60. The van der Waals surface area contributed by atoms with Crippen LogP contribution in [-0.4, -0.2) is 46.2 Å². The summed E-state index contributed by atoms with van der Waals surface area (Å²) in [5, 5.41) is 0. The summed E-state index contributed by atoms with van der Waals surface area (Å²) in [4.78, 5) is 0. The van der Waals surface area contributed by atoms with Crippen molar-refractivity contribution in [3.05, 3.63) is 29.8 Å². The van der Waals surface area contributed by atoms with Crippen LogP contribution in [0.4, 0.5) is 0 Å². The second-order valence-electron chi connectivity index (χ2n) is 4.39. The molecule has 1 aliphatic heterocycles. The normalized spacial score (nSPS) is 21.8. The number of nitrogens with two attached hydrogens (primary N) is 1. The van der Waals surface area contributed by atoms with Crippen LogP contribution in [0, 0.1) is 0 Å². The van der Waals surface area contributed by atoms with Gasteiger partial charge in [-0.05, 0) is 6.07 Å². The molecule has 2 unspecified atom stereocenters. The molecule has 2 atom stereocenters. The van der Waals surface area contributed by atoms with Crippen molar-refractivity contribution >= 4 is 0 Å². The fraction of sp³-hybridized carbons (Fsp3) is 0.571. The van der Waals surface area contributed by atoms with E-state index in [2.05, 4.69) is 0 Å². The van der Waals surface area contributed by atoms with Crippen LogP contribution in [0.1, 0.15) is 11.6 Å². The standard InChI is InChI=1S/C14H21NO4/c1-16-6-7-17-8-9-18-13-10-19-12-5-3-2-4-11(12)14(13)15/h2-5,13-14H,6-10,15H2,1H3. The maximum absolute atomic E-state index is 6.19. The van der Waals surface area contributed by atoms with Crippen molar-refractivity contribution < 1.29 is 18.9 Å². The van der Waals surface area contributed by atoms with Gasteiger partial charge in [-0.2, -0.15) is 0 Å². The molecule has 1 aromatic rings. The third kappa shape index (κ3) is 3.91. The molecule has 0 spiro atoms. The summed E-state index contributed by atoms with van der Waals surface area (Å²) < 4.78 is 21.6. The zero-order chi connectivity index (χ0) is 13.5. The highest BCUT2D eigenvalue weighted by molar-refractivity contribution is 5.38. The molecule has 0 fully saturated rings. The third-order valence-corrected chi connectivity index (χ3v) is 3.07. The van der Waals surface area contributed by atoms with Gasteiger partial charge in [-0.1, -0.05) is 18.2 Å². The molecule has 0 aliphatic carbocycles. The number of hydrogen-bond acceptors (Lipinski definition) is 5. The molecule has 0 saturated heterocycles. The fourth-order valence-corrected chi connectivity index (χ4v) is 2.02. The van der Waals surface area contributed by atoms with Crippen LogP contribution in [-0.2, 0) is 14.2 Å². The van der Waals surface area contributed by atoms with E-state index in [4.69, 9.17) is 24.7 Å². The van der Waals surface area contributed by atoms with E-state index in [1.807, 2.05) is 24.3 Å². The van der Waals surface area contributed by atoms with Crippen molar-refractivity contribution in [2.75, 3.05) is 40.1 Å². The molecule has 0 saturated carbocycles. The summed E-state index contributed by atoms with van der Waals surface area (Å²) in [5.74, 6) is 0.853. The van der Waals surface area contributed by atoms with Crippen molar-refractivity contribution in [3.63, 3.8) is 0 Å². The topological polar surface area (TPSA) is 62.9 Å². The minimum atomic E-state index is -0.149. The van der Waals surface area contributed by atoms with Crippen LogP contribution in [0.25, 0.3) is 0 Å². The van der Waals surface area contributed by atoms with E-state index in [0.717, 1.165) is 11.3 Å². The summed E-state index contributed by atoms with van der Waals surface area (Å²) in [7, 11) is 1.65. The minimum absolute atomic E-state index is 0.124. The van der Waals surface area contributed by atoms with Gasteiger partial charge in [0.05, 0.1) is 32.5 Å². The highest BCUT2D eigenvalue weighted by Crippen LogP contribution is 2.31.